The minimum absolute atomic E-state index is 0.210. The summed E-state index contributed by atoms with van der Waals surface area (Å²) in [6.45, 7) is 3.70. The Morgan fingerprint density at radius 1 is 1.42 bits per heavy atom. The van der Waals surface area contributed by atoms with Crippen molar-refractivity contribution < 1.29 is 8.42 Å². The Kier molecular flexibility index (Phi) is 4.20. The number of rotatable bonds is 3. The van der Waals surface area contributed by atoms with Crippen molar-refractivity contribution in [1.29, 1.82) is 5.26 Å². The number of nitrogens with one attached hydrogen (secondary N) is 1. The molecule has 1 aromatic carbocycles. The van der Waals surface area contributed by atoms with Gasteiger partial charge >= 0.3 is 0 Å². The second-order valence-corrected chi connectivity index (χ2v) is 6.50. The molecule has 0 amide bonds. The fraction of sp³-hybridized carbons (Fsp3) is 0.462. The Balaban J connectivity index is 2.23. The second kappa shape index (κ2) is 5.70. The molecule has 1 N–H and O–H groups in total. The summed E-state index contributed by atoms with van der Waals surface area (Å²) in [6.07, 6.45) is 0.902. The molecule has 1 aliphatic heterocycles. The van der Waals surface area contributed by atoms with Gasteiger partial charge in [-0.05, 0) is 30.7 Å². The van der Waals surface area contributed by atoms with Gasteiger partial charge in [0.15, 0.2) is 0 Å². The quantitative estimate of drug-likeness (QED) is 0.893. The third-order valence-electron chi connectivity index (χ3n) is 3.33. The summed E-state index contributed by atoms with van der Waals surface area (Å²) in [5.41, 5.74) is 0.464. The van der Waals surface area contributed by atoms with Gasteiger partial charge in [-0.2, -0.15) is 9.57 Å². The van der Waals surface area contributed by atoms with Gasteiger partial charge in [0.25, 0.3) is 0 Å². The van der Waals surface area contributed by atoms with E-state index in [-0.39, 0.29) is 10.9 Å². The van der Waals surface area contributed by atoms with E-state index in [1.54, 1.807) is 0 Å². The van der Waals surface area contributed by atoms with Crippen LogP contribution in [0.3, 0.4) is 0 Å². The van der Waals surface area contributed by atoms with Crippen molar-refractivity contribution in [3.05, 3.63) is 29.8 Å². The summed E-state index contributed by atoms with van der Waals surface area (Å²) in [5, 5.41) is 12.0. The first-order valence-corrected chi connectivity index (χ1v) is 7.75. The number of nitriles is 1. The van der Waals surface area contributed by atoms with Crippen LogP contribution in [0.5, 0.6) is 0 Å². The molecule has 0 aromatic heterocycles. The fourth-order valence-electron chi connectivity index (χ4n) is 2.14. The molecule has 0 radical (unpaired) electrons. The minimum atomic E-state index is -3.45. The maximum Gasteiger partial charge on any atom is 0.243 e. The lowest BCUT2D eigenvalue weighted by Crippen LogP contribution is -2.52. The normalized spacial score (nSPS) is 20.9. The maximum absolute atomic E-state index is 12.5. The van der Waals surface area contributed by atoms with Crippen molar-refractivity contribution in [2.45, 2.75) is 24.3 Å². The number of hydrogen-bond acceptors (Lipinski definition) is 4. The van der Waals surface area contributed by atoms with Crippen molar-refractivity contribution in [3.63, 3.8) is 0 Å². The molecule has 1 heterocycles. The van der Waals surface area contributed by atoms with Crippen molar-refractivity contribution in [2.75, 3.05) is 19.6 Å². The third-order valence-corrected chi connectivity index (χ3v) is 5.21. The molecule has 2 rings (SSSR count). The Morgan fingerprint density at radius 2 is 2.11 bits per heavy atom. The molecule has 102 valence electrons. The Hall–Kier alpha value is -1.42. The highest BCUT2D eigenvalue weighted by Crippen LogP contribution is 2.18. The standard InChI is InChI=1S/C13H17N3O2S/c1-2-12-10-16(8-7-15-12)19(17,18)13-5-3-11(9-14)4-6-13/h3-6,12,15H,2,7-8,10H2,1H3. The lowest BCUT2D eigenvalue weighted by Gasteiger charge is -2.32. The van der Waals surface area contributed by atoms with Crippen molar-refractivity contribution in [3.8, 4) is 6.07 Å². The lowest BCUT2D eigenvalue weighted by atomic mass is 10.2. The van der Waals surface area contributed by atoms with E-state index < -0.39 is 10.0 Å². The van der Waals surface area contributed by atoms with Gasteiger partial charge in [-0.3, -0.25) is 0 Å². The molecule has 0 spiro atoms. The van der Waals surface area contributed by atoms with Crippen LogP contribution in [0.25, 0.3) is 0 Å². The number of piperazine rings is 1. The molecule has 1 atom stereocenters. The Morgan fingerprint density at radius 3 is 2.68 bits per heavy atom. The molecular weight excluding hydrogens is 262 g/mol. The van der Waals surface area contributed by atoms with Crippen LogP contribution in [0.2, 0.25) is 0 Å². The van der Waals surface area contributed by atoms with Crippen molar-refractivity contribution in [1.82, 2.24) is 9.62 Å². The van der Waals surface area contributed by atoms with Gasteiger partial charge in [-0.15, -0.1) is 0 Å². The summed E-state index contributed by atoms with van der Waals surface area (Å²) in [7, 11) is -3.45. The smallest absolute Gasteiger partial charge is 0.243 e. The van der Waals surface area contributed by atoms with Crippen LogP contribution in [0, 0.1) is 11.3 Å². The summed E-state index contributed by atoms with van der Waals surface area (Å²) >= 11 is 0. The molecular formula is C13H17N3O2S. The summed E-state index contributed by atoms with van der Waals surface area (Å²) in [5.74, 6) is 0. The van der Waals surface area contributed by atoms with E-state index >= 15 is 0 Å². The molecule has 1 fully saturated rings. The zero-order valence-electron chi connectivity index (χ0n) is 10.8. The van der Waals surface area contributed by atoms with Crippen LogP contribution in [0.15, 0.2) is 29.2 Å². The van der Waals surface area contributed by atoms with E-state index in [4.69, 9.17) is 5.26 Å². The van der Waals surface area contributed by atoms with Crippen molar-refractivity contribution >= 4 is 10.0 Å². The highest BCUT2D eigenvalue weighted by Gasteiger charge is 2.29. The molecule has 1 unspecified atom stereocenters. The highest BCUT2D eigenvalue weighted by molar-refractivity contribution is 7.89. The predicted molar refractivity (Wildman–Crippen MR) is 72.0 cm³/mol. The van der Waals surface area contributed by atoms with Gasteiger partial charge in [0.2, 0.25) is 10.0 Å². The van der Waals surface area contributed by atoms with E-state index in [9.17, 15) is 8.42 Å². The number of nitrogens with zero attached hydrogens (tertiary/aromatic N) is 2. The topological polar surface area (TPSA) is 73.2 Å². The van der Waals surface area contributed by atoms with E-state index in [2.05, 4.69) is 5.32 Å². The molecule has 0 saturated carbocycles. The van der Waals surface area contributed by atoms with Gasteiger partial charge < -0.3 is 5.32 Å². The second-order valence-electron chi connectivity index (χ2n) is 4.56. The van der Waals surface area contributed by atoms with Crippen LogP contribution in [0.1, 0.15) is 18.9 Å². The van der Waals surface area contributed by atoms with E-state index in [0.29, 0.717) is 25.2 Å². The average Bonchev–Trinajstić information content (AvgIpc) is 2.47. The number of sulfonamides is 1. The fourth-order valence-corrected chi connectivity index (χ4v) is 3.62. The zero-order valence-corrected chi connectivity index (χ0v) is 11.7. The highest BCUT2D eigenvalue weighted by atomic mass is 32.2. The summed E-state index contributed by atoms with van der Waals surface area (Å²) in [6, 6.07) is 8.26. The monoisotopic (exact) mass is 279 g/mol. The summed E-state index contributed by atoms with van der Waals surface area (Å²) < 4.78 is 26.4. The first-order chi connectivity index (χ1) is 9.07. The molecule has 1 aliphatic rings. The maximum atomic E-state index is 12.5. The minimum Gasteiger partial charge on any atom is -0.311 e. The first kappa shape index (κ1) is 14.0. The Labute approximate surface area is 113 Å². The van der Waals surface area contributed by atoms with Crippen molar-refractivity contribution in [2.24, 2.45) is 0 Å². The van der Waals surface area contributed by atoms with E-state index in [1.807, 2.05) is 13.0 Å². The third kappa shape index (κ3) is 2.95. The predicted octanol–water partition coefficient (Wildman–Crippen LogP) is 0.931. The van der Waals surface area contributed by atoms with Gasteiger partial charge in [0.1, 0.15) is 0 Å². The number of hydrogen-bond donors (Lipinski definition) is 1. The van der Waals surface area contributed by atoms with Crippen LogP contribution >= 0.6 is 0 Å². The Bertz CT molecular complexity index is 575. The van der Waals surface area contributed by atoms with Crippen LogP contribution in [-0.4, -0.2) is 38.4 Å². The van der Waals surface area contributed by atoms with Gasteiger partial charge in [0.05, 0.1) is 16.5 Å². The lowest BCUT2D eigenvalue weighted by molar-refractivity contribution is 0.293. The molecule has 6 heteroatoms. The molecule has 0 aliphatic carbocycles. The largest absolute Gasteiger partial charge is 0.311 e. The van der Waals surface area contributed by atoms with E-state index in [1.165, 1.54) is 28.6 Å². The van der Waals surface area contributed by atoms with E-state index in [0.717, 1.165) is 6.42 Å². The number of benzene rings is 1. The van der Waals surface area contributed by atoms with Gasteiger partial charge in [0, 0.05) is 25.7 Å². The van der Waals surface area contributed by atoms with Crippen LogP contribution in [-0.2, 0) is 10.0 Å². The average molecular weight is 279 g/mol. The summed E-state index contributed by atoms with van der Waals surface area (Å²) in [4.78, 5) is 0.253. The van der Waals surface area contributed by atoms with Crippen LogP contribution < -0.4 is 5.32 Å². The SMILES string of the molecule is CCC1CN(S(=O)(=O)c2ccc(C#N)cc2)CCN1. The molecule has 0 bridgehead atoms. The molecule has 19 heavy (non-hydrogen) atoms. The van der Waals surface area contributed by atoms with Gasteiger partial charge in [-0.25, -0.2) is 8.42 Å². The first-order valence-electron chi connectivity index (χ1n) is 6.31. The zero-order chi connectivity index (χ0) is 13.9. The molecule has 5 nitrogen and oxygen atoms in total. The molecule has 1 saturated heterocycles. The van der Waals surface area contributed by atoms with Crippen LogP contribution in [0.4, 0.5) is 0 Å². The van der Waals surface area contributed by atoms with Gasteiger partial charge in [-0.1, -0.05) is 6.92 Å². The molecule has 1 aromatic rings.